The lowest BCUT2D eigenvalue weighted by Gasteiger charge is -2.49. The van der Waals surface area contributed by atoms with Crippen LogP contribution in [0.2, 0.25) is 0 Å². The fraction of sp³-hybridized carbons (Fsp3) is 0.929. The maximum Gasteiger partial charge on any atom is 0.306 e. The standard InChI is InChI=1S/C56H104N4O20/c1-3-5-19-28-38(75-55-52(80-54-50(73)48(71)45(68)40(34-62)77-54)51(46(69)41(35-63)78-55)79-53-49(72)47(70)44(67)39(33-61)76-53)37(74-43(66)25-4-2)29-22-17-14-13-16-21-27-36(64)26-20-15-11-9-7-6-8-10-12-18-23-30-42(65)59-31-24-32-60-56(57)58/h37-41,44-55,61-63,67-73H,3-35H2,1-2H3,(H,59,65)(H4,57,58,60). The van der Waals surface area contributed by atoms with Crippen molar-refractivity contribution in [1.82, 2.24) is 5.32 Å². The smallest absolute Gasteiger partial charge is 0.306 e. The molecule has 80 heavy (non-hydrogen) atoms. The van der Waals surface area contributed by atoms with Gasteiger partial charge in [-0.3, -0.25) is 19.4 Å². The number of carbonyl (C=O) groups is 3. The molecule has 17 unspecified atom stereocenters. The van der Waals surface area contributed by atoms with Crippen LogP contribution in [-0.4, -0.2) is 212 Å². The lowest BCUT2D eigenvalue weighted by atomic mass is 9.95. The van der Waals surface area contributed by atoms with Crippen LogP contribution in [0.3, 0.4) is 0 Å². The van der Waals surface area contributed by atoms with Crippen LogP contribution < -0.4 is 16.8 Å². The zero-order chi connectivity index (χ0) is 58.8. The van der Waals surface area contributed by atoms with Gasteiger partial charge in [0.05, 0.1) is 25.9 Å². The maximum atomic E-state index is 13.2. The molecule has 0 aromatic heterocycles. The number of guanidine groups is 1. The molecule has 24 heteroatoms. The summed E-state index contributed by atoms with van der Waals surface area (Å²) in [5.74, 6) is -0.0236. The lowest BCUT2D eigenvalue weighted by molar-refractivity contribution is -0.396. The second-order valence-electron chi connectivity index (χ2n) is 21.9. The van der Waals surface area contributed by atoms with E-state index in [1.165, 1.54) is 32.1 Å². The highest BCUT2D eigenvalue weighted by atomic mass is 16.8. The Bertz CT molecular complexity index is 1680. The highest BCUT2D eigenvalue weighted by Gasteiger charge is 2.55. The number of nitrogens with zero attached hydrogens (tertiary/aromatic N) is 1. The summed E-state index contributed by atoms with van der Waals surface area (Å²) in [7, 11) is 0. The van der Waals surface area contributed by atoms with Gasteiger partial charge in [-0.15, -0.1) is 0 Å². The van der Waals surface area contributed by atoms with Crippen molar-refractivity contribution in [2.75, 3.05) is 32.9 Å². The van der Waals surface area contributed by atoms with E-state index in [4.69, 9.17) is 44.6 Å². The number of nitrogens with two attached hydrogens (primary N) is 2. The van der Waals surface area contributed by atoms with E-state index in [-0.39, 0.29) is 18.3 Å². The van der Waals surface area contributed by atoms with Gasteiger partial charge in [0.2, 0.25) is 5.91 Å². The van der Waals surface area contributed by atoms with Crippen molar-refractivity contribution in [1.29, 1.82) is 0 Å². The zero-order valence-corrected chi connectivity index (χ0v) is 47.8. The predicted molar refractivity (Wildman–Crippen MR) is 293 cm³/mol. The van der Waals surface area contributed by atoms with Crippen molar-refractivity contribution in [2.45, 2.75) is 298 Å². The molecule has 17 atom stereocenters. The van der Waals surface area contributed by atoms with E-state index in [1.807, 2.05) is 13.8 Å². The second-order valence-corrected chi connectivity index (χ2v) is 21.9. The normalized spacial score (nSPS) is 29.7. The minimum Gasteiger partial charge on any atom is -0.460 e. The molecule has 3 fully saturated rings. The highest BCUT2D eigenvalue weighted by molar-refractivity contribution is 5.78. The van der Waals surface area contributed by atoms with Gasteiger partial charge in [-0.25, -0.2) is 0 Å². The molecule has 3 aliphatic rings. The number of esters is 1. The van der Waals surface area contributed by atoms with Crippen LogP contribution in [0.5, 0.6) is 0 Å². The quantitative estimate of drug-likeness (QED) is 0.0178. The minimum absolute atomic E-state index is 0.0620. The Morgan fingerprint density at radius 3 is 1.41 bits per heavy atom. The predicted octanol–water partition coefficient (Wildman–Crippen LogP) is 1.65. The molecule has 3 rings (SSSR count). The van der Waals surface area contributed by atoms with Crippen LogP contribution in [0.1, 0.15) is 194 Å². The third kappa shape index (κ3) is 26.0. The Balaban J connectivity index is 1.53. The van der Waals surface area contributed by atoms with Gasteiger partial charge >= 0.3 is 5.97 Å². The van der Waals surface area contributed by atoms with Crippen LogP contribution in [0.4, 0.5) is 0 Å². The summed E-state index contributed by atoms with van der Waals surface area (Å²) in [6.07, 6.45) is -4.80. The molecular formula is C56H104N4O20. The first kappa shape index (κ1) is 71.5. The summed E-state index contributed by atoms with van der Waals surface area (Å²) in [4.78, 5) is 41.8. The fourth-order valence-electron chi connectivity index (χ4n) is 10.3. The number of amides is 1. The summed E-state index contributed by atoms with van der Waals surface area (Å²) in [6, 6.07) is 0. The van der Waals surface area contributed by atoms with Gasteiger partial charge < -0.3 is 101 Å². The first-order valence-corrected chi connectivity index (χ1v) is 30.1. The number of hydrogen-bond donors (Lipinski definition) is 13. The van der Waals surface area contributed by atoms with E-state index in [0.717, 1.165) is 83.5 Å². The molecular weight excluding hydrogens is 1050 g/mol. The van der Waals surface area contributed by atoms with Gasteiger partial charge in [0.15, 0.2) is 24.8 Å². The number of Topliss-reactive ketones (excluding diaryl/α,β-unsaturated/α-hetero) is 1. The van der Waals surface area contributed by atoms with Crippen LogP contribution in [0.25, 0.3) is 0 Å². The molecule has 0 spiro atoms. The molecule has 1 amide bonds. The Morgan fingerprint density at radius 1 is 0.487 bits per heavy atom. The molecule has 3 saturated heterocycles. The molecule has 0 aliphatic carbocycles. The zero-order valence-electron chi connectivity index (χ0n) is 47.8. The average molecular weight is 1150 g/mol. The number of aliphatic hydroxyl groups excluding tert-OH is 10. The SMILES string of the molecule is CCCCCC(OC1OC(CO)C(O)C(OC2OC(CO)C(O)C(O)C2O)C1OC1OC(CO)C(O)C(O)C1O)C(CCCCCCCCC(=O)CCCCCCCCCCCCCC(=O)NCCCN=C(N)N)OC(=O)CCC. The summed E-state index contributed by atoms with van der Waals surface area (Å²) in [5, 5.41) is 109. The average Bonchev–Trinajstić information content (AvgIpc) is 3.45. The first-order chi connectivity index (χ1) is 38.5. The molecule has 15 N–H and O–H groups in total. The molecule has 0 aromatic carbocycles. The number of carbonyl (C=O) groups excluding carboxylic acids is 3. The number of hydrogen-bond acceptors (Lipinski definition) is 21. The fourth-order valence-corrected chi connectivity index (χ4v) is 10.3. The van der Waals surface area contributed by atoms with E-state index in [9.17, 15) is 65.4 Å². The number of nitrogens with one attached hydrogen (secondary N) is 1. The molecule has 3 heterocycles. The van der Waals surface area contributed by atoms with Crippen molar-refractivity contribution in [2.24, 2.45) is 16.5 Å². The summed E-state index contributed by atoms with van der Waals surface area (Å²) in [6.45, 7) is 2.52. The van der Waals surface area contributed by atoms with Crippen LogP contribution in [0.15, 0.2) is 4.99 Å². The van der Waals surface area contributed by atoms with Crippen LogP contribution in [-0.2, 0) is 47.5 Å². The third-order valence-electron chi connectivity index (χ3n) is 15.1. The molecule has 3 aliphatic heterocycles. The van der Waals surface area contributed by atoms with Crippen LogP contribution >= 0.6 is 0 Å². The molecule has 0 radical (unpaired) electrons. The summed E-state index contributed by atoms with van der Waals surface area (Å²) in [5.41, 5.74) is 10.6. The highest BCUT2D eigenvalue weighted by Crippen LogP contribution is 2.36. The number of ether oxygens (including phenoxy) is 7. The molecule has 468 valence electrons. The Hall–Kier alpha value is -2.76. The van der Waals surface area contributed by atoms with Gasteiger partial charge in [0, 0.05) is 38.8 Å². The largest absolute Gasteiger partial charge is 0.460 e. The van der Waals surface area contributed by atoms with Crippen molar-refractivity contribution in [3.63, 3.8) is 0 Å². The number of unbranched alkanes of at least 4 members (excludes halogenated alkanes) is 17. The Kier molecular flexibility index (Phi) is 36.9. The van der Waals surface area contributed by atoms with Gasteiger partial charge in [0.1, 0.15) is 85.1 Å². The van der Waals surface area contributed by atoms with Gasteiger partial charge in [-0.2, -0.15) is 0 Å². The van der Waals surface area contributed by atoms with Crippen molar-refractivity contribution < 1.29 is 98.6 Å². The van der Waals surface area contributed by atoms with Crippen LogP contribution in [0, 0.1) is 0 Å². The summed E-state index contributed by atoms with van der Waals surface area (Å²) < 4.78 is 42.5. The van der Waals surface area contributed by atoms with E-state index in [1.54, 1.807) is 0 Å². The van der Waals surface area contributed by atoms with Crippen molar-refractivity contribution >= 4 is 23.6 Å². The third-order valence-corrected chi connectivity index (χ3v) is 15.1. The Morgan fingerprint density at radius 2 is 0.925 bits per heavy atom. The van der Waals surface area contributed by atoms with E-state index in [0.29, 0.717) is 76.7 Å². The lowest BCUT2D eigenvalue weighted by Crippen LogP contribution is -2.67. The number of ketones is 1. The Labute approximate surface area is 473 Å². The van der Waals surface area contributed by atoms with E-state index in [2.05, 4.69) is 10.3 Å². The number of rotatable bonds is 44. The number of aliphatic hydroxyl groups is 10. The molecule has 0 bridgehead atoms. The van der Waals surface area contributed by atoms with Crippen molar-refractivity contribution in [3.05, 3.63) is 0 Å². The minimum atomic E-state index is -1.95. The van der Waals surface area contributed by atoms with E-state index < -0.39 is 130 Å². The van der Waals surface area contributed by atoms with Gasteiger partial charge in [0.25, 0.3) is 0 Å². The number of aliphatic imine (C=N–C) groups is 1. The molecule has 24 nitrogen and oxygen atoms in total. The topological polar surface area (TPSA) is 395 Å². The summed E-state index contributed by atoms with van der Waals surface area (Å²) >= 11 is 0. The van der Waals surface area contributed by atoms with Gasteiger partial charge in [-0.05, 0) is 51.4 Å². The monoisotopic (exact) mass is 1150 g/mol. The second kappa shape index (κ2) is 41.3. The molecule has 0 saturated carbocycles. The van der Waals surface area contributed by atoms with Gasteiger partial charge in [-0.1, -0.05) is 117 Å². The maximum absolute atomic E-state index is 13.2. The van der Waals surface area contributed by atoms with Crippen molar-refractivity contribution in [3.8, 4) is 0 Å². The molecule has 0 aromatic rings. The van der Waals surface area contributed by atoms with E-state index >= 15 is 0 Å². The first-order valence-electron chi connectivity index (χ1n) is 30.1.